The van der Waals surface area contributed by atoms with E-state index in [1.54, 1.807) is 0 Å². The van der Waals surface area contributed by atoms with Gasteiger partial charge in [0.25, 0.3) is 0 Å². The van der Waals surface area contributed by atoms with E-state index in [0.29, 0.717) is 5.92 Å². The molecule has 0 fully saturated rings. The summed E-state index contributed by atoms with van der Waals surface area (Å²) in [7, 11) is 4.05. The van der Waals surface area contributed by atoms with Crippen LogP contribution in [0.25, 0.3) is 0 Å². The summed E-state index contributed by atoms with van der Waals surface area (Å²) in [5, 5.41) is 8.60. The summed E-state index contributed by atoms with van der Waals surface area (Å²) < 4.78 is 2.07. The van der Waals surface area contributed by atoms with Gasteiger partial charge in [-0.1, -0.05) is 31.5 Å². The zero-order valence-electron chi connectivity index (χ0n) is 12.4. The van der Waals surface area contributed by atoms with Crippen LogP contribution in [0.1, 0.15) is 25.2 Å². The fourth-order valence-electron chi connectivity index (χ4n) is 2.07. The van der Waals surface area contributed by atoms with Gasteiger partial charge in [0.05, 0.1) is 0 Å². The predicted octanol–water partition coefficient (Wildman–Crippen LogP) is 3.09. The fraction of sp³-hybridized carbons (Fsp3) is 0.467. The number of nitrogens with zero attached hydrogens (tertiary/aromatic N) is 4. The van der Waals surface area contributed by atoms with E-state index in [4.69, 9.17) is 0 Å². The van der Waals surface area contributed by atoms with E-state index in [2.05, 4.69) is 64.7 Å². The second-order valence-corrected chi connectivity index (χ2v) is 5.47. The van der Waals surface area contributed by atoms with Gasteiger partial charge in [0.2, 0.25) is 5.95 Å². The third-order valence-corrected chi connectivity index (χ3v) is 3.25. The van der Waals surface area contributed by atoms with Crippen molar-refractivity contribution < 1.29 is 0 Å². The Kier molecular flexibility index (Phi) is 3.88. The van der Waals surface area contributed by atoms with Gasteiger partial charge in [0, 0.05) is 26.2 Å². The minimum absolute atomic E-state index is 0.584. The Balaban J connectivity index is 2.26. The molecule has 0 N–H and O–H groups in total. The molecular weight excluding hydrogens is 236 g/mol. The van der Waals surface area contributed by atoms with Crippen LogP contribution in [0.3, 0.4) is 0 Å². The lowest BCUT2D eigenvalue weighted by Crippen LogP contribution is -2.15. The summed E-state index contributed by atoms with van der Waals surface area (Å²) >= 11 is 0. The van der Waals surface area contributed by atoms with Crippen molar-refractivity contribution in [1.29, 1.82) is 0 Å². The molecule has 0 unspecified atom stereocenters. The molecule has 2 rings (SSSR count). The van der Waals surface area contributed by atoms with Crippen molar-refractivity contribution in [3.63, 3.8) is 0 Å². The van der Waals surface area contributed by atoms with E-state index >= 15 is 0 Å². The summed E-state index contributed by atoms with van der Waals surface area (Å²) in [6.07, 6.45) is 0.950. The fourth-order valence-corrected chi connectivity index (χ4v) is 2.07. The van der Waals surface area contributed by atoms with E-state index < -0.39 is 0 Å². The molecule has 102 valence electrons. The third-order valence-electron chi connectivity index (χ3n) is 3.25. The Hall–Kier alpha value is -1.84. The second kappa shape index (κ2) is 5.43. The van der Waals surface area contributed by atoms with Crippen LogP contribution in [0.2, 0.25) is 0 Å². The SMILES string of the molecule is Cc1ccc(N(C)c2nnc(CC(C)C)n2C)cc1. The van der Waals surface area contributed by atoms with Crippen LogP contribution in [-0.4, -0.2) is 21.8 Å². The normalized spacial score (nSPS) is 11.1. The third kappa shape index (κ3) is 2.95. The van der Waals surface area contributed by atoms with Crippen LogP contribution in [0.5, 0.6) is 0 Å². The maximum atomic E-state index is 4.31. The first-order valence-electron chi connectivity index (χ1n) is 6.67. The molecule has 0 atom stereocenters. The first-order chi connectivity index (χ1) is 8.99. The van der Waals surface area contributed by atoms with Gasteiger partial charge in [0.15, 0.2) is 0 Å². The highest BCUT2D eigenvalue weighted by atomic mass is 15.4. The summed E-state index contributed by atoms with van der Waals surface area (Å²) in [4.78, 5) is 2.07. The molecule has 0 aliphatic rings. The molecule has 0 amide bonds. The monoisotopic (exact) mass is 258 g/mol. The molecular formula is C15H22N4. The average Bonchev–Trinajstić information content (AvgIpc) is 2.70. The number of aryl methyl sites for hydroxylation is 1. The number of hydrogen-bond donors (Lipinski definition) is 0. The number of anilines is 2. The summed E-state index contributed by atoms with van der Waals surface area (Å²) in [5.74, 6) is 2.49. The lowest BCUT2D eigenvalue weighted by molar-refractivity contribution is 0.601. The molecule has 1 aromatic carbocycles. The molecule has 0 aliphatic heterocycles. The predicted molar refractivity (Wildman–Crippen MR) is 78.8 cm³/mol. The topological polar surface area (TPSA) is 34.0 Å². The van der Waals surface area contributed by atoms with Gasteiger partial charge in [-0.2, -0.15) is 0 Å². The van der Waals surface area contributed by atoms with Gasteiger partial charge < -0.3 is 9.47 Å². The van der Waals surface area contributed by atoms with E-state index in [1.807, 2.05) is 14.1 Å². The molecule has 0 aliphatic carbocycles. The zero-order valence-corrected chi connectivity index (χ0v) is 12.4. The highest BCUT2D eigenvalue weighted by Gasteiger charge is 2.14. The minimum Gasteiger partial charge on any atom is -0.314 e. The molecule has 0 saturated heterocycles. The number of benzene rings is 1. The van der Waals surface area contributed by atoms with Crippen LogP contribution in [0.4, 0.5) is 11.6 Å². The maximum absolute atomic E-state index is 4.31. The lowest BCUT2D eigenvalue weighted by atomic mass is 10.1. The quantitative estimate of drug-likeness (QED) is 0.845. The highest BCUT2D eigenvalue weighted by molar-refractivity contribution is 5.56. The van der Waals surface area contributed by atoms with Crippen LogP contribution >= 0.6 is 0 Å². The van der Waals surface area contributed by atoms with Crippen molar-refractivity contribution in [3.05, 3.63) is 35.7 Å². The van der Waals surface area contributed by atoms with Gasteiger partial charge in [-0.25, -0.2) is 0 Å². The van der Waals surface area contributed by atoms with Gasteiger partial charge in [0.1, 0.15) is 5.82 Å². The number of aromatic nitrogens is 3. The molecule has 2 aromatic rings. The van der Waals surface area contributed by atoms with E-state index in [9.17, 15) is 0 Å². The molecule has 0 saturated carbocycles. The van der Waals surface area contributed by atoms with Crippen LogP contribution in [0.15, 0.2) is 24.3 Å². The Morgan fingerprint density at radius 1 is 1.16 bits per heavy atom. The van der Waals surface area contributed by atoms with Crippen molar-refractivity contribution >= 4 is 11.6 Å². The van der Waals surface area contributed by atoms with Gasteiger partial charge in [-0.05, 0) is 25.0 Å². The number of rotatable bonds is 4. The van der Waals surface area contributed by atoms with E-state index in [-0.39, 0.29) is 0 Å². The molecule has 0 bridgehead atoms. The standard InChI is InChI=1S/C15H22N4/c1-11(2)10-14-16-17-15(19(14)5)18(4)13-8-6-12(3)7-9-13/h6-9,11H,10H2,1-5H3. The average molecular weight is 258 g/mol. The molecule has 1 heterocycles. The van der Waals surface area contributed by atoms with E-state index in [0.717, 1.165) is 23.9 Å². The molecule has 4 nitrogen and oxygen atoms in total. The van der Waals surface area contributed by atoms with Crippen LogP contribution < -0.4 is 4.90 Å². The van der Waals surface area contributed by atoms with Crippen LogP contribution in [-0.2, 0) is 13.5 Å². The number of hydrogen-bond acceptors (Lipinski definition) is 3. The highest BCUT2D eigenvalue weighted by Crippen LogP contribution is 2.22. The lowest BCUT2D eigenvalue weighted by Gasteiger charge is -2.18. The Morgan fingerprint density at radius 2 is 1.79 bits per heavy atom. The van der Waals surface area contributed by atoms with Crippen molar-refractivity contribution in [2.45, 2.75) is 27.2 Å². The van der Waals surface area contributed by atoms with Gasteiger partial charge >= 0.3 is 0 Å². The van der Waals surface area contributed by atoms with Crippen molar-refractivity contribution in [2.24, 2.45) is 13.0 Å². The minimum atomic E-state index is 0.584. The smallest absolute Gasteiger partial charge is 0.231 e. The Labute approximate surface area is 115 Å². The zero-order chi connectivity index (χ0) is 14.0. The Morgan fingerprint density at radius 3 is 2.37 bits per heavy atom. The molecule has 1 aromatic heterocycles. The Bertz CT molecular complexity index is 540. The van der Waals surface area contributed by atoms with Gasteiger partial charge in [-0.3, -0.25) is 0 Å². The molecule has 0 spiro atoms. The summed E-state index contributed by atoms with van der Waals surface area (Å²) in [5.41, 5.74) is 2.38. The molecule has 0 radical (unpaired) electrons. The van der Waals surface area contributed by atoms with Gasteiger partial charge in [-0.15, -0.1) is 10.2 Å². The van der Waals surface area contributed by atoms with Crippen molar-refractivity contribution in [2.75, 3.05) is 11.9 Å². The van der Waals surface area contributed by atoms with Crippen molar-refractivity contribution in [3.8, 4) is 0 Å². The second-order valence-electron chi connectivity index (χ2n) is 5.47. The maximum Gasteiger partial charge on any atom is 0.231 e. The summed E-state index contributed by atoms with van der Waals surface area (Å²) in [6.45, 7) is 6.48. The first-order valence-corrected chi connectivity index (χ1v) is 6.67. The molecule has 4 heteroatoms. The van der Waals surface area contributed by atoms with Crippen molar-refractivity contribution in [1.82, 2.24) is 14.8 Å². The summed E-state index contributed by atoms with van der Waals surface area (Å²) in [6, 6.07) is 8.42. The first kappa shape index (κ1) is 13.6. The van der Waals surface area contributed by atoms with Crippen LogP contribution in [0, 0.1) is 12.8 Å². The molecule has 19 heavy (non-hydrogen) atoms. The largest absolute Gasteiger partial charge is 0.314 e. The van der Waals surface area contributed by atoms with E-state index in [1.165, 1.54) is 5.56 Å².